The summed E-state index contributed by atoms with van der Waals surface area (Å²) in [5.74, 6) is -0.609. The summed E-state index contributed by atoms with van der Waals surface area (Å²) in [6.07, 6.45) is 3.87. The summed E-state index contributed by atoms with van der Waals surface area (Å²) in [6, 6.07) is 3.86. The van der Waals surface area contributed by atoms with E-state index < -0.39 is 18.0 Å². The molecule has 2 aliphatic heterocycles. The largest absolute Gasteiger partial charge is 0.467 e. The summed E-state index contributed by atoms with van der Waals surface area (Å²) in [5, 5.41) is 0. The van der Waals surface area contributed by atoms with E-state index in [0.29, 0.717) is 12.3 Å². The number of hydrogen-bond donors (Lipinski definition) is 0. The summed E-state index contributed by atoms with van der Waals surface area (Å²) < 4.78 is 10.7. The van der Waals surface area contributed by atoms with Crippen LogP contribution in [0.5, 0.6) is 0 Å². The van der Waals surface area contributed by atoms with E-state index in [1.54, 1.807) is 30.2 Å². The lowest BCUT2D eigenvalue weighted by molar-refractivity contribution is -0.165. The lowest BCUT2D eigenvalue weighted by Gasteiger charge is -2.40. The van der Waals surface area contributed by atoms with Gasteiger partial charge in [-0.15, -0.1) is 0 Å². The molecule has 2 amide bonds. The second kappa shape index (κ2) is 8.15. The fourth-order valence-corrected chi connectivity index (χ4v) is 4.06. The number of rotatable bonds is 5. The number of ether oxygens (including phenoxy) is 1. The SMILES string of the molecule is C[C@@H](OC(=O)[C@@H]1CC(=O)N(Cc2ccco2)C1)C(=O)N1[C@@H](C)CCC[C@@H]1C. The standard InChI is InChI=1S/C20H28N2O5/c1-13-6-4-7-14(2)22(13)19(24)15(3)27-20(25)16-10-18(23)21(11-16)12-17-8-5-9-26-17/h5,8-9,13-16H,4,6-7,10-12H2,1-3H3/t13-,14-,15+,16+/m0/s1. The number of likely N-dealkylation sites (tertiary alicyclic amines) is 2. The number of amides is 2. The highest BCUT2D eigenvalue weighted by atomic mass is 16.5. The van der Waals surface area contributed by atoms with Crippen molar-refractivity contribution in [1.82, 2.24) is 9.80 Å². The van der Waals surface area contributed by atoms with Crippen molar-refractivity contribution in [2.24, 2.45) is 5.92 Å². The van der Waals surface area contributed by atoms with Gasteiger partial charge in [-0.05, 0) is 52.2 Å². The van der Waals surface area contributed by atoms with Gasteiger partial charge in [0.05, 0.1) is 18.7 Å². The molecule has 0 unspecified atom stereocenters. The smallest absolute Gasteiger partial charge is 0.312 e. The quantitative estimate of drug-likeness (QED) is 0.737. The molecule has 0 aromatic carbocycles. The zero-order valence-corrected chi connectivity index (χ0v) is 16.2. The number of hydrogen-bond acceptors (Lipinski definition) is 5. The second-order valence-corrected chi connectivity index (χ2v) is 7.71. The first-order valence-electron chi connectivity index (χ1n) is 9.69. The molecule has 148 valence electrons. The monoisotopic (exact) mass is 376 g/mol. The van der Waals surface area contributed by atoms with Gasteiger partial charge in [-0.1, -0.05) is 0 Å². The Morgan fingerprint density at radius 2 is 2.00 bits per heavy atom. The topological polar surface area (TPSA) is 80.1 Å². The Kier molecular flexibility index (Phi) is 5.87. The van der Waals surface area contributed by atoms with Gasteiger partial charge in [0.1, 0.15) is 5.76 Å². The van der Waals surface area contributed by atoms with E-state index in [1.807, 2.05) is 18.7 Å². The molecule has 7 heteroatoms. The first-order valence-corrected chi connectivity index (χ1v) is 9.69. The van der Waals surface area contributed by atoms with Gasteiger partial charge in [0.15, 0.2) is 6.10 Å². The Labute approximate surface area is 159 Å². The summed E-state index contributed by atoms with van der Waals surface area (Å²) in [6.45, 7) is 6.31. The maximum atomic E-state index is 12.8. The zero-order valence-electron chi connectivity index (χ0n) is 16.2. The maximum absolute atomic E-state index is 12.8. The van der Waals surface area contributed by atoms with Crippen molar-refractivity contribution >= 4 is 17.8 Å². The lowest BCUT2D eigenvalue weighted by Crippen LogP contribution is -2.51. The molecule has 27 heavy (non-hydrogen) atoms. The van der Waals surface area contributed by atoms with Crippen LogP contribution in [0.4, 0.5) is 0 Å². The third kappa shape index (κ3) is 4.34. The Hall–Kier alpha value is -2.31. The number of piperidine rings is 1. The molecular formula is C20H28N2O5. The number of furan rings is 1. The van der Waals surface area contributed by atoms with Crippen LogP contribution in [0, 0.1) is 5.92 Å². The molecule has 0 aliphatic carbocycles. The summed E-state index contributed by atoms with van der Waals surface area (Å²) in [4.78, 5) is 40.9. The van der Waals surface area contributed by atoms with Crippen molar-refractivity contribution in [3.8, 4) is 0 Å². The van der Waals surface area contributed by atoms with Crippen molar-refractivity contribution in [2.75, 3.05) is 6.54 Å². The van der Waals surface area contributed by atoms with E-state index in [4.69, 9.17) is 9.15 Å². The lowest BCUT2D eigenvalue weighted by atomic mass is 9.97. The Bertz CT molecular complexity index is 677. The number of carbonyl (C=O) groups is 3. The third-order valence-corrected chi connectivity index (χ3v) is 5.56. The van der Waals surface area contributed by atoms with Crippen LogP contribution >= 0.6 is 0 Å². The second-order valence-electron chi connectivity index (χ2n) is 7.71. The van der Waals surface area contributed by atoms with Gasteiger partial charge in [0.25, 0.3) is 5.91 Å². The minimum absolute atomic E-state index is 0.106. The van der Waals surface area contributed by atoms with Crippen LogP contribution in [0.25, 0.3) is 0 Å². The van der Waals surface area contributed by atoms with E-state index >= 15 is 0 Å². The van der Waals surface area contributed by atoms with Gasteiger partial charge in [0.2, 0.25) is 5.91 Å². The molecule has 3 rings (SSSR count). The predicted molar refractivity (Wildman–Crippen MR) is 97.4 cm³/mol. The summed E-state index contributed by atoms with van der Waals surface area (Å²) in [5.41, 5.74) is 0. The van der Waals surface area contributed by atoms with Crippen LogP contribution < -0.4 is 0 Å². The van der Waals surface area contributed by atoms with Crippen LogP contribution in [-0.2, 0) is 25.7 Å². The third-order valence-electron chi connectivity index (χ3n) is 5.56. The van der Waals surface area contributed by atoms with E-state index in [9.17, 15) is 14.4 Å². The average Bonchev–Trinajstić information content (AvgIpc) is 3.25. The number of carbonyl (C=O) groups excluding carboxylic acids is 3. The Morgan fingerprint density at radius 1 is 1.30 bits per heavy atom. The van der Waals surface area contributed by atoms with Crippen LogP contribution in [0.15, 0.2) is 22.8 Å². The summed E-state index contributed by atoms with van der Waals surface area (Å²) >= 11 is 0. The molecule has 1 aromatic rings. The van der Waals surface area contributed by atoms with Gasteiger partial charge in [-0.2, -0.15) is 0 Å². The van der Waals surface area contributed by atoms with Gasteiger partial charge in [0, 0.05) is 25.0 Å². The fourth-order valence-electron chi connectivity index (χ4n) is 4.06. The van der Waals surface area contributed by atoms with Gasteiger partial charge >= 0.3 is 5.97 Å². The highest BCUT2D eigenvalue weighted by Crippen LogP contribution is 2.25. The first-order chi connectivity index (χ1) is 12.9. The van der Waals surface area contributed by atoms with Crippen molar-refractivity contribution in [3.05, 3.63) is 24.2 Å². The number of nitrogens with zero attached hydrogens (tertiary/aromatic N) is 2. The van der Waals surface area contributed by atoms with Crippen molar-refractivity contribution in [3.63, 3.8) is 0 Å². The molecule has 0 saturated carbocycles. The zero-order chi connectivity index (χ0) is 19.6. The molecule has 3 heterocycles. The molecule has 1 aromatic heterocycles. The molecule has 0 bridgehead atoms. The Balaban J connectivity index is 1.55. The fraction of sp³-hybridized carbons (Fsp3) is 0.650. The van der Waals surface area contributed by atoms with Crippen LogP contribution in [0.2, 0.25) is 0 Å². The molecule has 2 fully saturated rings. The minimum atomic E-state index is -0.838. The predicted octanol–water partition coefficient (Wildman–Crippen LogP) is 2.35. The van der Waals surface area contributed by atoms with E-state index in [-0.39, 0.29) is 36.9 Å². The molecule has 0 N–H and O–H groups in total. The van der Waals surface area contributed by atoms with Crippen molar-refractivity contribution in [1.29, 1.82) is 0 Å². The molecule has 0 radical (unpaired) electrons. The molecule has 0 spiro atoms. The van der Waals surface area contributed by atoms with Gasteiger partial charge < -0.3 is 19.0 Å². The van der Waals surface area contributed by atoms with Crippen LogP contribution in [0.3, 0.4) is 0 Å². The van der Waals surface area contributed by atoms with Crippen molar-refractivity contribution < 1.29 is 23.5 Å². The highest BCUT2D eigenvalue weighted by Gasteiger charge is 2.38. The molecular weight excluding hydrogens is 348 g/mol. The van der Waals surface area contributed by atoms with E-state index in [2.05, 4.69) is 0 Å². The molecule has 2 aliphatic rings. The number of esters is 1. The normalized spacial score (nSPS) is 26.9. The van der Waals surface area contributed by atoms with Gasteiger partial charge in [-0.25, -0.2) is 0 Å². The van der Waals surface area contributed by atoms with Gasteiger partial charge in [-0.3, -0.25) is 14.4 Å². The molecule has 4 atom stereocenters. The maximum Gasteiger partial charge on any atom is 0.312 e. The van der Waals surface area contributed by atoms with E-state index in [0.717, 1.165) is 19.3 Å². The molecule has 7 nitrogen and oxygen atoms in total. The summed E-state index contributed by atoms with van der Waals surface area (Å²) in [7, 11) is 0. The Morgan fingerprint density at radius 3 is 2.63 bits per heavy atom. The van der Waals surface area contributed by atoms with Crippen molar-refractivity contribution in [2.45, 2.75) is 71.2 Å². The molecule has 2 saturated heterocycles. The van der Waals surface area contributed by atoms with Crippen LogP contribution in [-0.4, -0.2) is 52.3 Å². The highest BCUT2D eigenvalue weighted by molar-refractivity contribution is 5.89. The first kappa shape index (κ1) is 19.5. The minimum Gasteiger partial charge on any atom is -0.467 e. The van der Waals surface area contributed by atoms with Crippen LogP contribution in [0.1, 0.15) is 52.2 Å². The average molecular weight is 376 g/mol. The van der Waals surface area contributed by atoms with E-state index in [1.165, 1.54) is 0 Å².